The summed E-state index contributed by atoms with van der Waals surface area (Å²) in [5.41, 5.74) is 2.08. The summed E-state index contributed by atoms with van der Waals surface area (Å²) in [6.07, 6.45) is 0. The zero-order chi connectivity index (χ0) is 15.5. The van der Waals surface area contributed by atoms with Crippen LogP contribution in [0.15, 0.2) is 24.3 Å². The van der Waals surface area contributed by atoms with E-state index in [4.69, 9.17) is 0 Å². The van der Waals surface area contributed by atoms with Crippen LogP contribution < -0.4 is 10.6 Å². The lowest BCUT2D eigenvalue weighted by atomic mass is 10.1. The number of hydrogen-bond acceptors (Lipinski definition) is 4. The number of carbonyl (C=O) groups excluding carboxylic acids is 1. The monoisotopic (exact) mass is 302 g/mol. The van der Waals surface area contributed by atoms with E-state index in [0.29, 0.717) is 6.04 Å². The molecule has 2 atom stereocenters. The van der Waals surface area contributed by atoms with Crippen molar-refractivity contribution in [2.24, 2.45) is 0 Å². The van der Waals surface area contributed by atoms with Crippen LogP contribution in [0.25, 0.3) is 0 Å². The molecule has 120 valence electrons. The molecule has 3 heterocycles. The number of fused-ring (bicyclic) bond motifs is 3. The van der Waals surface area contributed by atoms with Crippen LogP contribution in [0.4, 0.5) is 5.69 Å². The van der Waals surface area contributed by atoms with E-state index >= 15 is 0 Å². The minimum absolute atomic E-state index is 0.0298. The fourth-order valence-electron chi connectivity index (χ4n) is 3.44. The van der Waals surface area contributed by atoms with Gasteiger partial charge in [0.05, 0.1) is 0 Å². The molecule has 3 aliphatic rings. The quantitative estimate of drug-likeness (QED) is 0.861. The van der Waals surface area contributed by atoms with Crippen LogP contribution in [0, 0.1) is 0 Å². The molecular formula is C17H26N4O. The van der Waals surface area contributed by atoms with E-state index in [9.17, 15) is 4.79 Å². The molecule has 0 aromatic heterocycles. The van der Waals surface area contributed by atoms with E-state index in [2.05, 4.69) is 39.5 Å². The van der Waals surface area contributed by atoms with E-state index < -0.39 is 0 Å². The third-order valence-corrected chi connectivity index (χ3v) is 4.76. The highest BCUT2D eigenvalue weighted by Crippen LogP contribution is 2.19. The van der Waals surface area contributed by atoms with Gasteiger partial charge in [0, 0.05) is 64.0 Å². The van der Waals surface area contributed by atoms with Gasteiger partial charge >= 0.3 is 0 Å². The number of carbonyl (C=O) groups is 1. The topological polar surface area (TPSA) is 47.6 Å². The minimum atomic E-state index is -0.0298. The summed E-state index contributed by atoms with van der Waals surface area (Å²) in [6, 6.07) is 9.00. The Hall–Kier alpha value is -1.43. The average molecular weight is 302 g/mol. The van der Waals surface area contributed by atoms with E-state index in [1.54, 1.807) is 0 Å². The average Bonchev–Trinajstić information content (AvgIpc) is 2.53. The first-order chi connectivity index (χ1) is 10.6. The van der Waals surface area contributed by atoms with Crippen LogP contribution in [-0.4, -0.2) is 61.0 Å². The number of hydrogen-bond donors (Lipinski definition) is 2. The molecule has 3 saturated heterocycles. The lowest BCUT2D eigenvalue weighted by Gasteiger charge is -2.47. The standard InChI is InChI=1S/C17H26N4O/c1-13(15-4-3-5-16(10-15)19-14(2)22)18-11-17-12-20-6-8-21(17)9-7-20/h3-5,10,13,17-18H,6-9,11-12H2,1-2H3,(H,19,22)/t13-,17+/m1/s1. The van der Waals surface area contributed by atoms with Gasteiger partial charge in [-0.1, -0.05) is 12.1 Å². The maximum absolute atomic E-state index is 11.2. The Balaban J connectivity index is 1.55. The molecule has 1 amide bonds. The SMILES string of the molecule is CC(=O)Nc1cccc([C@@H](C)NC[C@H]2CN3CCN2CC3)c1. The number of anilines is 1. The van der Waals surface area contributed by atoms with Gasteiger partial charge in [-0.3, -0.25) is 14.6 Å². The molecule has 1 aromatic carbocycles. The molecule has 2 bridgehead atoms. The fraction of sp³-hybridized carbons (Fsp3) is 0.588. The largest absolute Gasteiger partial charge is 0.326 e. The summed E-state index contributed by atoms with van der Waals surface area (Å²) >= 11 is 0. The zero-order valence-electron chi connectivity index (χ0n) is 13.5. The Morgan fingerprint density at radius 2 is 2.09 bits per heavy atom. The van der Waals surface area contributed by atoms with Gasteiger partial charge in [0.25, 0.3) is 0 Å². The van der Waals surface area contributed by atoms with Gasteiger partial charge in [-0.25, -0.2) is 0 Å². The molecule has 0 radical (unpaired) electrons. The van der Waals surface area contributed by atoms with Crippen molar-refractivity contribution < 1.29 is 4.79 Å². The van der Waals surface area contributed by atoms with E-state index in [1.807, 2.05) is 12.1 Å². The summed E-state index contributed by atoms with van der Waals surface area (Å²) in [4.78, 5) is 16.3. The second kappa shape index (κ2) is 6.77. The van der Waals surface area contributed by atoms with Crippen LogP contribution in [0.3, 0.4) is 0 Å². The Bertz CT molecular complexity index is 525. The van der Waals surface area contributed by atoms with Crippen molar-refractivity contribution >= 4 is 11.6 Å². The fourth-order valence-corrected chi connectivity index (χ4v) is 3.44. The Morgan fingerprint density at radius 1 is 1.32 bits per heavy atom. The lowest BCUT2D eigenvalue weighted by molar-refractivity contribution is -0.114. The van der Waals surface area contributed by atoms with Crippen LogP contribution >= 0.6 is 0 Å². The van der Waals surface area contributed by atoms with Crippen molar-refractivity contribution in [3.63, 3.8) is 0 Å². The highest BCUT2D eigenvalue weighted by molar-refractivity contribution is 5.88. The molecule has 0 spiro atoms. The molecule has 2 N–H and O–H groups in total. The van der Waals surface area contributed by atoms with Crippen molar-refractivity contribution in [3.8, 4) is 0 Å². The van der Waals surface area contributed by atoms with E-state index in [0.717, 1.165) is 12.2 Å². The van der Waals surface area contributed by atoms with Crippen molar-refractivity contribution in [2.75, 3.05) is 44.6 Å². The van der Waals surface area contributed by atoms with Crippen molar-refractivity contribution in [1.29, 1.82) is 0 Å². The van der Waals surface area contributed by atoms with Gasteiger partial charge in [-0.15, -0.1) is 0 Å². The lowest BCUT2D eigenvalue weighted by Crippen LogP contribution is -2.63. The third-order valence-electron chi connectivity index (χ3n) is 4.76. The molecule has 5 nitrogen and oxygen atoms in total. The minimum Gasteiger partial charge on any atom is -0.326 e. The maximum atomic E-state index is 11.2. The highest BCUT2D eigenvalue weighted by Gasteiger charge is 2.31. The maximum Gasteiger partial charge on any atom is 0.221 e. The smallest absolute Gasteiger partial charge is 0.221 e. The Kier molecular flexibility index (Phi) is 4.76. The van der Waals surface area contributed by atoms with Gasteiger partial charge in [0.1, 0.15) is 0 Å². The number of amides is 1. The van der Waals surface area contributed by atoms with Gasteiger partial charge in [-0.05, 0) is 24.6 Å². The van der Waals surface area contributed by atoms with Gasteiger partial charge in [-0.2, -0.15) is 0 Å². The normalized spacial score (nSPS) is 28.4. The first kappa shape index (κ1) is 15.5. The zero-order valence-corrected chi connectivity index (χ0v) is 13.5. The second-order valence-electron chi connectivity index (χ2n) is 6.43. The molecule has 0 saturated carbocycles. The van der Waals surface area contributed by atoms with Crippen molar-refractivity contribution in [2.45, 2.75) is 25.9 Å². The predicted molar refractivity (Wildman–Crippen MR) is 89.0 cm³/mol. The molecule has 3 fully saturated rings. The van der Waals surface area contributed by atoms with E-state index in [1.165, 1.54) is 45.2 Å². The molecule has 5 heteroatoms. The first-order valence-corrected chi connectivity index (χ1v) is 8.19. The molecule has 1 aromatic rings. The highest BCUT2D eigenvalue weighted by atomic mass is 16.1. The summed E-state index contributed by atoms with van der Waals surface area (Å²) in [5, 5.41) is 6.50. The Labute approximate surface area is 132 Å². The van der Waals surface area contributed by atoms with Gasteiger partial charge in [0.15, 0.2) is 0 Å². The van der Waals surface area contributed by atoms with Crippen LogP contribution in [0.1, 0.15) is 25.5 Å². The second-order valence-corrected chi connectivity index (χ2v) is 6.43. The number of nitrogens with zero attached hydrogens (tertiary/aromatic N) is 2. The number of piperazine rings is 3. The van der Waals surface area contributed by atoms with Gasteiger partial charge < -0.3 is 10.6 Å². The van der Waals surface area contributed by atoms with Crippen LogP contribution in [0.2, 0.25) is 0 Å². The van der Waals surface area contributed by atoms with Crippen molar-refractivity contribution in [1.82, 2.24) is 15.1 Å². The number of nitrogens with one attached hydrogen (secondary N) is 2. The van der Waals surface area contributed by atoms with Gasteiger partial charge in [0.2, 0.25) is 5.91 Å². The third kappa shape index (κ3) is 3.66. The molecular weight excluding hydrogens is 276 g/mol. The predicted octanol–water partition coefficient (Wildman–Crippen LogP) is 1.30. The van der Waals surface area contributed by atoms with Crippen molar-refractivity contribution in [3.05, 3.63) is 29.8 Å². The molecule has 22 heavy (non-hydrogen) atoms. The number of rotatable bonds is 5. The Morgan fingerprint density at radius 3 is 2.73 bits per heavy atom. The summed E-state index contributed by atoms with van der Waals surface area (Å²) in [6.45, 7) is 10.8. The summed E-state index contributed by atoms with van der Waals surface area (Å²) in [5.74, 6) is -0.0298. The molecule has 0 unspecified atom stereocenters. The molecule has 4 rings (SSSR count). The summed E-state index contributed by atoms with van der Waals surface area (Å²) in [7, 11) is 0. The van der Waals surface area contributed by atoms with E-state index in [-0.39, 0.29) is 11.9 Å². The first-order valence-electron chi connectivity index (χ1n) is 8.19. The van der Waals surface area contributed by atoms with Crippen LogP contribution in [0.5, 0.6) is 0 Å². The summed E-state index contributed by atoms with van der Waals surface area (Å²) < 4.78 is 0. The van der Waals surface area contributed by atoms with Crippen LogP contribution in [-0.2, 0) is 4.79 Å². The molecule has 0 aliphatic carbocycles. The number of benzene rings is 1. The molecule has 3 aliphatic heterocycles.